The molecular weight excluding hydrogens is 514 g/mol. The van der Waals surface area contributed by atoms with Crippen LogP contribution in [0.25, 0.3) is 11.1 Å². The summed E-state index contributed by atoms with van der Waals surface area (Å²) in [6.07, 6.45) is 7.87. The molecule has 0 heterocycles. The monoisotopic (exact) mass is 563 g/mol. The van der Waals surface area contributed by atoms with Crippen LogP contribution in [0.3, 0.4) is 0 Å². The molecule has 0 bridgehead atoms. The molecule has 3 aromatic rings. The van der Waals surface area contributed by atoms with Gasteiger partial charge in [0.05, 0.1) is 18.9 Å². The second-order valence-corrected chi connectivity index (χ2v) is 10.8. The summed E-state index contributed by atoms with van der Waals surface area (Å²) in [6, 6.07) is 25.1. The van der Waals surface area contributed by atoms with Crippen LogP contribution in [0, 0.1) is 0 Å². The Morgan fingerprint density at radius 1 is 0.738 bits per heavy atom. The Kier molecular flexibility index (Phi) is 11.6. The lowest BCUT2D eigenvalue weighted by Crippen LogP contribution is -2.22. The van der Waals surface area contributed by atoms with Gasteiger partial charge in [-0.25, -0.2) is 0 Å². The van der Waals surface area contributed by atoms with Crippen molar-refractivity contribution in [2.75, 3.05) is 56.2 Å². The molecule has 0 atom stereocenters. The van der Waals surface area contributed by atoms with E-state index in [1.54, 1.807) is 7.11 Å². The third-order valence-corrected chi connectivity index (χ3v) is 8.32. The van der Waals surface area contributed by atoms with E-state index in [2.05, 4.69) is 123 Å². The molecule has 4 rings (SSSR count). The number of ether oxygens (including phenoxy) is 1. The van der Waals surface area contributed by atoms with Crippen molar-refractivity contribution in [2.45, 2.75) is 53.9 Å². The largest absolute Gasteiger partial charge is 0.383 e. The Morgan fingerprint density at radius 2 is 1.38 bits per heavy atom. The van der Waals surface area contributed by atoms with Crippen LogP contribution in [-0.2, 0) is 11.2 Å². The molecule has 0 amide bonds. The normalized spacial score (nSPS) is 14.7. The molecule has 0 aromatic heterocycles. The van der Waals surface area contributed by atoms with Gasteiger partial charge in [0.1, 0.15) is 0 Å². The number of nitrogens with zero attached hydrogens (tertiary/aromatic N) is 3. The zero-order chi connectivity index (χ0) is 29.9. The summed E-state index contributed by atoms with van der Waals surface area (Å²) >= 11 is 0. The highest BCUT2D eigenvalue weighted by Gasteiger charge is 2.22. The molecule has 42 heavy (non-hydrogen) atoms. The summed E-state index contributed by atoms with van der Waals surface area (Å²) in [5, 5.41) is 0. The summed E-state index contributed by atoms with van der Waals surface area (Å²) in [7, 11) is 1.73. The highest BCUT2D eigenvalue weighted by molar-refractivity contribution is 6.19. The van der Waals surface area contributed by atoms with E-state index in [0.29, 0.717) is 13.2 Å². The molecule has 0 unspecified atom stereocenters. The van der Waals surface area contributed by atoms with E-state index >= 15 is 0 Å². The van der Waals surface area contributed by atoms with Crippen molar-refractivity contribution in [3.05, 3.63) is 107 Å². The number of allylic oxidation sites excluding steroid dienone is 3. The lowest BCUT2D eigenvalue weighted by Gasteiger charge is -2.26. The zero-order valence-electron chi connectivity index (χ0n) is 26.6. The number of aryl methyl sites for hydroxylation is 1. The summed E-state index contributed by atoms with van der Waals surface area (Å²) in [5.41, 5.74) is 12.5. The van der Waals surface area contributed by atoms with Crippen molar-refractivity contribution in [3.8, 4) is 0 Å². The second kappa shape index (κ2) is 15.6. The first-order valence-corrected chi connectivity index (χ1v) is 15.9. The smallest absolute Gasteiger partial charge is 0.0658 e. The van der Waals surface area contributed by atoms with E-state index in [1.807, 2.05) is 0 Å². The van der Waals surface area contributed by atoms with E-state index in [1.165, 1.54) is 63.2 Å². The number of benzene rings is 3. The summed E-state index contributed by atoms with van der Waals surface area (Å²) in [6.45, 7) is 16.5. The van der Waals surface area contributed by atoms with E-state index < -0.39 is 0 Å². The number of rotatable bonds is 14. The molecule has 0 fully saturated rings. The van der Waals surface area contributed by atoms with E-state index in [9.17, 15) is 0 Å². The topological polar surface area (TPSA) is 28.1 Å². The summed E-state index contributed by atoms with van der Waals surface area (Å²) in [4.78, 5) is 9.73. The minimum Gasteiger partial charge on any atom is -0.383 e. The third-order valence-electron chi connectivity index (χ3n) is 8.32. The maximum absolute atomic E-state index is 5.28. The van der Waals surface area contributed by atoms with Crippen LogP contribution >= 0.6 is 0 Å². The molecule has 0 N–H and O–H groups in total. The number of anilines is 2. The number of hydrogen-bond acceptors (Lipinski definition) is 4. The Balaban J connectivity index is 1.98. The van der Waals surface area contributed by atoms with Crippen molar-refractivity contribution in [1.82, 2.24) is 0 Å². The van der Waals surface area contributed by atoms with Crippen molar-refractivity contribution < 1.29 is 4.74 Å². The molecule has 0 aliphatic heterocycles. The maximum Gasteiger partial charge on any atom is 0.0658 e. The number of unbranched alkanes of at least 4 members (excludes halogenated alkanes) is 1. The molecule has 1 aliphatic rings. The van der Waals surface area contributed by atoms with Crippen LogP contribution in [0.5, 0.6) is 0 Å². The van der Waals surface area contributed by atoms with E-state index in [0.717, 1.165) is 38.3 Å². The van der Waals surface area contributed by atoms with Gasteiger partial charge >= 0.3 is 0 Å². The second-order valence-electron chi connectivity index (χ2n) is 10.8. The molecule has 4 heteroatoms. The number of methoxy groups -OCH3 is 1. The van der Waals surface area contributed by atoms with Crippen LogP contribution in [0.2, 0.25) is 0 Å². The summed E-state index contributed by atoms with van der Waals surface area (Å²) in [5.74, 6) is 0. The van der Waals surface area contributed by atoms with Crippen LogP contribution in [0.1, 0.15) is 75.3 Å². The van der Waals surface area contributed by atoms with Gasteiger partial charge in [-0.1, -0.05) is 61.9 Å². The quantitative estimate of drug-likeness (QED) is 0.184. The molecule has 3 aromatic carbocycles. The van der Waals surface area contributed by atoms with E-state index in [-0.39, 0.29) is 0 Å². The SMILES string of the molecule is CCCCc1cc(N(CC)CC)ccc1C(=C1C=CC(=NCCOC)c2ccccc21)c1ccc(N(CC)CC)cc1. The standard InChI is InChI=1S/C38H49N3O/c1-7-12-15-30-28-32(41(10-4)11-5)22-23-33(30)38(29-18-20-31(21-19-29)40(8-2)9-3)36-24-25-37(39-26-27-42-6)35-17-14-13-16-34(35)36/h13-14,16-25,28H,7-12,15,26-27H2,1-6H3. The molecule has 0 saturated carbocycles. The van der Waals surface area contributed by atoms with Crippen molar-refractivity contribution >= 4 is 28.2 Å². The van der Waals surface area contributed by atoms with Crippen LogP contribution in [0.15, 0.2) is 83.9 Å². The van der Waals surface area contributed by atoms with Crippen LogP contribution in [-0.4, -0.2) is 52.2 Å². The predicted octanol–water partition coefficient (Wildman–Crippen LogP) is 8.69. The van der Waals surface area contributed by atoms with Gasteiger partial charge in [0, 0.05) is 50.2 Å². The molecule has 0 saturated heterocycles. The van der Waals surface area contributed by atoms with Crippen molar-refractivity contribution in [1.29, 1.82) is 0 Å². The first-order valence-electron chi connectivity index (χ1n) is 15.9. The van der Waals surface area contributed by atoms with Crippen LogP contribution < -0.4 is 9.80 Å². The molecular formula is C38H49N3O. The fourth-order valence-electron chi connectivity index (χ4n) is 5.96. The van der Waals surface area contributed by atoms with E-state index in [4.69, 9.17) is 9.73 Å². The van der Waals surface area contributed by atoms with Gasteiger partial charge in [0.25, 0.3) is 0 Å². The zero-order valence-corrected chi connectivity index (χ0v) is 26.6. The lowest BCUT2D eigenvalue weighted by molar-refractivity contribution is 0.208. The minimum absolute atomic E-state index is 0.617. The highest BCUT2D eigenvalue weighted by Crippen LogP contribution is 2.40. The first-order chi connectivity index (χ1) is 20.6. The highest BCUT2D eigenvalue weighted by atomic mass is 16.5. The average Bonchev–Trinajstić information content (AvgIpc) is 3.03. The van der Waals surface area contributed by atoms with Gasteiger partial charge in [-0.15, -0.1) is 0 Å². The van der Waals surface area contributed by atoms with Gasteiger partial charge in [0.2, 0.25) is 0 Å². The van der Waals surface area contributed by atoms with Crippen LogP contribution in [0.4, 0.5) is 11.4 Å². The van der Waals surface area contributed by atoms with Gasteiger partial charge in [0.15, 0.2) is 0 Å². The minimum atomic E-state index is 0.617. The Labute approximate surface area is 254 Å². The Bertz CT molecular complexity index is 1390. The first kappa shape index (κ1) is 31.3. The predicted molar refractivity (Wildman–Crippen MR) is 183 cm³/mol. The summed E-state index contributed by atoms with van der Waals surface area (Å²) < 4.78 is 5.28. The Morgan fingerprint density at radius 3 is 2.02 bits per heavy atom. The van der Waals surface area contributed by atoms with Gasteiger partial charge in [-0.05, 0) is 104 Å². The fourth-order valence-corrected chi connectivity index (χ4v) is 5.96. The molecule has 4 nitrogen and oxygen atoms in total. The Hall–Kier alpha value is -3.63. The molecule has 1 aliphatic carbocycles. The molecule has 0 spiro atoms. The lowest BCUT2D eigenvalue weighted by atomic mass is 9.81. The average molecular weight is 564 g/mol. The third kappa shape index (κ3) is 7.04. The van der Waals surface area contributed by atoms with Gasteiger partial charge in [-0.3, -0.25) is 4.99 Å². The number of fused-ring (bicyclic) bond motifs is 1. The van der Waals surface area contributed by atoms with Gasteiger partial charge in [-0.2, -0.15) is 0 Å². The number of aliphatic imine (C=N–C) groups is 1. The van der Waals surface area contributed by atoms with Gasteiger partial charge < -0.3 is 14.5 Å². The molecule has 222 valence electrons. The van der Waals surface area contributed by atoms with Crippen molar-refractivity contribution in [3.63, 3.8) is 0 Å². The maximum atomic E-state index is 5.28. The fraction of sp³-hybridized carbons (Fsp3) is 0.395. The molecule has 0 radical (unpaired) electrons. The number of hydrogen-bond donors (Lipinski definition) is 0. The van der Waals surface area contributed by atoms with Crippen molar-refractivity contribution in [2.24, 2.45) is 4.99 Å².